The molecule has 3 saturated carbocycles. The van der Waals surface area contributed by atoms with E-state index in [0.29, 0.717) is 5.92 Å². The number of hydrogen-bond donors (Lipinski definition) is 4. The van der Waals surface area contributed by atoms with Crippen LogP contribution in [0.25, 0.3) is 0 Å². The fourth-order valence-corrected chi connectivity index (χ4v) is 9.17. The molecular weight excluding hydrogens is 488 g/mol. The van der Waals surface area contributed by atoms with Gasteiger partial charge in [-0.3, -0.25) is 0 Å². The summed E-state index contributed by atoms with van der Waals surface area (Å²) in [7, 11) is 0. The van der Waals surface area contributed by atoms with Gasteiger partial charge in [0, 0.05) is 11.5 Å². The van der Waals surface area contributed by atoms with E-state index in [9.17, 15) is 25.2 Å². The lowest BCUT2D eigenvalue weighted by atomic mass is 9.45. The Labute approximate surface area is 223 Å². The maximum absolute atomic E-state index is 12.4. The number of allylic oxidation sites excluding steroid dienone is 1. The van der Waals surface area contributed by atoms with Gasteiger partial charge in [-0.1, -0.05) is 25.5 Å². The van der Waals surface area contributed by atoms with Gasteiger partial charge < -0.3 is 34.3 Å². The third-order valence-electron chi connectivity index (χ3n) is 11.5. The minimum absolute atomic E-state index is 0.0213. The molecule has 8 heteroatoms. The Morgan fingerprint density at radius 2 is 1.74 bits per heavy atom. The van der Waals surface area contributed by atoms with E-state index in [1.54, 1.807) is 13.2 Å². The number of fused-ring (bicyclic) bond motifs is 5. The molecule has 1 saturated heterocycles. The summed E-state index contributed by atoms with van der Waals surface area (Å²) in [6, 6.07) is 3.36. The molecule has 12 atom stereocenters. The van der Waals surface area contributed by atoms with Crippen LogP contribution in [0, 0.1) is 22.7 Å². The zero-order valence-electron chi connectivity index (χ0n) is 22.6. The summed E-state index contributed by atoms with van der Waals surface area (Å²) in [5, 5.41) is 43.0. The van der Waals surface area contributed by atoms with Gasteiger partial charge in [0.2, 0.25) is 0 Å². The molecule has 4 unspecified atom stereocenters. The monoisotopic (exact) mass is 530 g/mol. The van der Waals surface area contributed by atoms with Crippen LogP contribution in [0.5, 0.6) is 0 Å². The van der Waals surface area contributed by atoms with Gasteiger partial charge in [0.1, 0.15) is 18.3 Å². The van der Waals surface area contributed by atoms with Gasteiger partial charge in [-0.15, -0.1) is 0 Å². The van der Waals surface area contributed by atoms with Gasteiger partial charge in [0.25, 0.3) is 0 Å². The first-order valence-corrected chi connectivity index (χ1v) is 14.4. The maximum Gasteiger partial charge on any atom is 0.335 e. The van der Waals surface area contributed by atoms with Crippen LogP contribution < -0.4 is 5.63 Å². The van der Waals surface area contributed by atoms with Crippen LogP contribution in [-0.4, -0.2) is 62.8 Å². The summed E-state index contributed by atoms with van der Waals surface area (Å²) in [6.07, 6.45) is 5.32. The highest BCUT2D eigenvalue weighted by atomic mass is 16.7. The molecule has 0 spiro atoms. The van der Waals surface area contributed by atoms with Gasteiger partial charge >= 0.3 is 5.63 Å². The summed E-state index contributed by atoms with van der Waals surface area (Å²) < 4.78 is 17.0. The first kappa shape index (κ1) is 26.7. The number of hydrogen-bond acceptors (Lipinski definition) is 8. The molecule has 2 heterocycles. The van der Waals surface area contributed by atoms with Crippen molar-refractivity contribution >= 4 is 0 Å². The Morgan fingerprint density at radius 1 is 0.947 bits per heavy atom. The maximum atomic E-state index is 12.4. The van der Waals surface area contributed by atoms with E-state index in [-0.39, 0.29) is 34.4 Å². The van der Waals surface area contributed by atoms with E-state index in [1.165, 1.54) is 11.6 Å². The average Bonchev–Trinajstić information content (AvgIpc) is 3.18. The molecular formula is C30H42O8. The molecule has 8 nitrogen and oxygen atoms in total. The minimum atomic E-state index is -1.31. The first-order chi connectivity index (χ1) is 18.0. The van der Waals surface area contributed by atoms with Gasteiger partial charge in [-0.25, -0.2) is 4.79 Å². The molecule has 6 rings (SSSR count). The second-order valence-corrected chi connectivity index (χ2v) is 13.1. The number of aliphatic hydroxyl groups excluding tert-OH is 3. The zero-order chi connectivity index (χ0) is 27.0. The average molecular weight is 531 g/mol. The molecule has 210 valence electrons. The highest BCUT2D eigenvalue weighted by Crippen LogP contribution is 2.70. The fraction of sp³-hybridized carbons (Fsp3) is 0.767. The molecule has 4 N–H and O–H groups in total. The van der Waals surface area contributed by atoms with Crippen LogP contribution in [0.2, 0.25) is 0 Å². The van der Waals surface area contributed by atoms with Gasteiger partial charge in [0.05, 0.1) is 24.1 Å². The third-order valence-corrected chi connectivity index (χ3v) is 11.5. The van der Waals surface area contributed by atoms with Gasteiger partial charge in [0.15, 0.2) is 6.29 Å². The molecule has 0 aromatic carbocycles. The lowest BCUT2D eigenvalue weighted by Gasteiger charge is -2.62. The second kappa shape index (κ2) is 9.25. The van der Waals surface area contributed by atoms with E-state index in [2.05, 4.69) is 19.9 Å². The molecule has 0 amide bonds. The lowest BCUT2D eigenvalue weighted by molar-refractivity contribution is -0.301. The fourth-order valence-electron chi connectivity index (χ4n) is 9.17. The molecule has 1 aromatic rings. The van der Waals surface area contributed by atoms with Crippen molar-refractivity contribution < 1.29 is 34.3 Å². The molecule has 1 aromatic heterocycles. The summed E-state index contributed by atoms with van der Waals surface area (Å²) in [5.74, 6) is 0.759. The van der Waals surface area contributed by atoms with Crippen molar-refractivity contribution in [2.24, 2.45) is 22.7 Å². The SMILES string of the molecule is CC1O[C@@H](O[C@@H]2C=C3CCC4C(CC[C@]5(C)[C@@H](c6ccc(=O)oc6)CC[C@]45O)[C@@]3(C)CC2)C(O)[C@@H](O)[C@H]1O. The number of aliphatic hydroxyl groups is 4. The van der Waals surface area contributed by atoms with Crippen LogP contribution in [0.4, 0.5) is 0 Å². The Morgan fingerprint density at radius 3 is 2.47 bits per heavy atom. The predicted molar refractivity (Wildman–Crippen MR) is 138 cm³/mol. The molecule has 4 aliphatic carbocycles. The van der Waals surface area contributed by atoms with E-state index in [4.69, 9.17) is 13.9 Å². The quantitative estimate of drug-likeness (QED) is 0.439. The van der Waals surface area contributed by atoms with Crippen molar-refractivity contribution in [3.05, 3.63) is 46.0 Å². The summed E-state index contributed by atoms with van der Waals surface area (Å²) in [6.45, 7) is 6.26. The summed E-state index contributed by atoms with van der Waals surface area (Å²) >= 11 is 0. The molecule has 5 aliphatic rings. The Kier molecular flexibility index (Phi) is 6.49. The number of rotatable bonds is 3. The van der Waals surface area contributed by atoms with Crippen LogP contribution in [0.15, 0.2) is 39.3 Å². The highest BCUT2D eigenvalue weighted by molar-refractivity contribution is 5.31. The first-order valence-electron chi connectivity index (χ1n) is 14.4. The van der Waals surface area contributed by atoms with E-state index in [0.717, 1.165) is 56.9 Å². The standard InChI is InChI=1S/C30H42O8/c1-16-24(32)25(33)26(34)27(37-16)38-19-8-11-28(2)18(14-19)5-6-22-21(28)9-12-29(3)20(10-13-30(22,29)35)17-4-7-23(31)36-15-17/h4,7,14-16,19-22,24-27,32-35H,5-6,8-13H2,1-3H3/t16?,19-,20+,21?,22?,24-,25-,26?,27-,28-,29+,30-/m0/s1. The second-order valence-electron chi connectivity index (χ2n) is 13.1. The number of ether oxygens (including phenoxy) is 2. The Hall–Kier alpha value is -1.55. The van der Waals surface area contributed by atoms with Crippen molar-refractivity contribution in [1.29, 1.82) is 0 Å². The summed E-state index contributed by atoms with van der Waals surface area (Å²) in [5.41, 5.74) is 0.991. The predicted octanol–water partition coefficient (Wildman–Crippen LogP) is 3.01. The van der Waals surface area contributed by atoms with Crippen LogP contribution in [-0.2, 0) is 9.47 Å². The van der Waals surface area contributed by atoms with Crippen LogP contribution in [0.3, 0.4) is 0 Å². The Balaban J connectivity index is 1.21. The molecule has 1 aliphatic heterocycles. The third kappa shape index (κ3) is 3.82. The van der Waals surface area contributed by atoms with Crippen molar-refractivity contribution in [1.82, 2.24) is 0 Å². The van der Waals surface area contributed by atoms with Gasteiger partial charge in [-0.05, 0) is 93.1 Å². The van der Waals surface area contributed by atoms with E-state index < -0.39 is 36.3 Å². The molecule has 0 bridgehead atoms. The van der Waals surface area contributed by atoms with E-state index >= 15 is 0 Å². The summed E-state index contributed by atoms with van der Waals surface area (Å²) in [4.78, 5) is 11.5. The van der Waals surface area contributed by atoms with Crippen LogP contribution >= 0.6 is 0 Å². The molecule has 0 radical (unpaired) electrons. The molecule has 38 heavy (non-hydrogen) atoms. The Bertz CT molecular complexity index is 1130. The normalized spacial score (nSPS) is 50.5. The van der Waals surface area contributed by atoms with Crippen molar-refractivity contribution in [3.8, 4) is 0 Å². The highest BCUT2D eigenvalue weighted by Gasteiger charge is 2.66. The van der Waals surface area contributed by atoms with Gasteiger partial charge in [-0.2, -0.15) is 0 Å². The molecule has 4 fully saturated rings. The van der Waals surface area contributed by atoms with E-state index in [1.807, 2.05) is 6.07 Å². The minimum Gasteiger partial charge on any atom is -0.431 e. The smallest absolute Gasteiger partial charge is 0.335 e. The largest absolute Gasteiger partial charge is 0.431 e. The van der Waals surface area contributed by atoms with Crippen molar-refractivity contribution in [2.75, 3.05) is 0 Å². The van der Waals surface area contributed by atoms with Crippen molar-refractivity contribution in [2.45, 2.75) is 120 Å². The lowest BCUT2D eigenvalue weighted by Crippen LogP contribution is -2.60. The van der Waals surface area contributed by atoms with Crippen LogP contribution in [0.1, 0.15) is 83.6 Å². The zero-order valence-corrected chi connectivity index (χ0v) is 22.6. The van der Waals surface area contributed by atoms with Crippen molar-refractivity contribution in [3.63, 3.8) is 0 Å². The topological polar surface area (TPSA) is 130 Å².